The highest BCUT2D eigenvalue weighted by atomic mass is 16.6. The van der Waals surface area contributed by atoms with Crippen LogP contribution in [0.5, 0.6) is 28.7 Å². The smallest absolute Gasteiger partial charge is 0.341 e. The number of benzene rings is 2. The van der Waals surface area contributed by atoms with Gasteiger partial charge in [-0.25, -0.2) is 4.79 Å². The van der Waals surface area contributed by atoms with E-state index in [-0.39, 0.29) is 17.3 Å². The first-order chi connectivity index (χ1) is 16.9. The van der Waals surface area contributed by atoms with Crippen molar-refractivity contribution in [3.8, 4) is 28.7 Å². The molecule has 0 radical (unpaired) electrons. The molecule has 0 fully saturated rings. The molecule has 190 valence electrons. The maximum absolute atomic E-state index is 13.2. The van der Waals surface area contributed by atoms with Gasteiger partial charge >= 0.3 is 5.97 Å². The van der Waals surface area contributed by atoms with Gasteiger partial charge in [0.2, 0.25) is 5.75 Å². The number of fused-ring (bicyclic) bond motifs is 2. The number of carbonyl (C=O) groups is 1. The quantitative estimate of drug-likeness (QED) is 0.417. The Morgan fingerprint density at radius 3 is 2.20 bits per heavy atom. The number of ether oxygens (including phenoxy) is 6. The van der Waals surface area contributed by atoms with Crippen LogP contribution in [0.2, 0.25) is 0 Å². The number of carbonyl (C=O) groups excluding carboxylic acids is 1. The third-order valence-corrected chi connectivity index (χ3v) is 6.49. The monoisotopic (exact) mass is 486 g/mol. The van der Waals surface area contributed by atoms with Crippen LogP contribution in [0, 0.1) is 0 Å². The van der Waals surface area contributed by atoms with Crippen molar-refractivity contribution in [3.05, 3.63) is 34.4 Å². The summed E-state index contributed by atoms with van der Waals surface area (Å²) < 4.78 is 35.0. The molecule has 2 aliphatic rings. The van der Waals surface area contributed by atoms with Crippen LogP contribution in [-0.4, -0.2) is 58.5 Å². The van der Waals surface area contributed by atoms with Gasteiger partial charge in [0.25, 0.3) is 0 Å². The number of likely N-dealkylation sites (N-methyl/N-ethyl adjacent to an activating group) is 1. The van der Waals surface area contributed by atoms with Gasteiger partial charge in [0.05, 0.1) is 56.9 Å². The molecule has 9 nitrogen and oxygen atoms in total. The Balaban J connectivity index is 1.96. The molecule has 0 saturated heterocycles. The molecule has 2 aliphatic heterocycles. The van der Waals surface area contributed by atoms with Gasteiger partial charge in [0.15, 0.2) is 29.1 Å². The van der Waals surface area contributed by atoms with Crippen LogP contribution < -0.4 is 29.4 Å². The molecule has 2 heterocycles. The van der Waals surface area contributed by atoms with Crippen LogP contribution in [0.4, 0.5) is 5.69 Å². The standard InChI is InChI=1S/C26H34N2O7/c1-7-32-23-19-18(20(27)24(33-8-2)25(23)34-9-3)26(29)35-22(19)21-15-13-17(31-6)16(30-5)12-14(15)10-11-28(21)4/h12-13,21-22H,7-11,27H2,1-6H3. The summed E-state index contributed by atoms with van der Waals surface area (Å²) in [5, 5.41) is 0. The molecule has 0 aliphatic carbocycles. The Hall–Kier alpha value is -3.33. The molecular formula is C26H34N2O7. The predicted octanol–water partition coefficient (Wildman–Crippen LogP) is 3.92. The van der Waals surface area contributed by atoms with Crippen molar-refractivity contribution in [2.45, 2.75) is 39.3 Å². The molecule has 4 rings (SSSR count). The molecule has 2 atom stereocenters. The van der Waals surface area contributed by atoms with E-state index in [1.165, 1.54) is 0 Å². The minimum absolute atomic E-state index is 0.201. The van der Waals surface area contributed by atoms with Crippen molar-refractivity contribution in [1.29, 1.82) is 0 Å². The maximum Gasteiger partial charge on any atom is 0.341 e. The molecule has 0 saturated carbocycles. The molecule has 0 spiro atoms. The summed E-state index contributed by atoms with van der Waals surface area (Å²) in [6.45, 7) is 7.47. The number of hydrogen-bond donors (Lipinski definition) is 1. The van der Waals surface area contributed by atoms with Gasteiger partial charge in [-0.1, -0.05) is 0 Å². The lowest BCUT2D eigenvalue weighted by atomic mass is 9.85. The maximum atomic E-state index is 13.2. The van der Waals surface area contributed by atoms with Gasteiger partial charge in [-0.3, -0.25) is 4.90 Å². The zero-order valence-electron chi connectivity index (χ0n) is 21.2. The Bertz CT molecular complexity index is 1120. The number of methoxy groups -OCH3 is 2. The second-order valence-electron chi connectivity index (χ2n) is 8.40. The van der Waals surface area contributed by atoms with Crippen molar-refractivity contribution in [1.82, 2.24) is 4.90 Å². The van der Waals surface area contributed by atoms with Gasteiger partial charge in [-0.05, 0) is 57.5 Å². The van der Waals surface area contributed by atoms with Crippen molar-refractivity contribution < 1.29 is 33.2 Å². The molecule has 2 aromatic rings. The van der Waals surface area contributed by atoms with Crippen LogP contribution in [0.3, 0.4) is 0 Å². The van der Waals surface area contributed by atoms with Crippen LogP contribution >= 0.6 is 0 Å². The highest BCUT2D eigenvalue weighted by molar-refractivity contribution is 6.03. The number of nitrogen functional groups attached to an aromatic ring is 1. The lowest BCUT2D eigenvalue weighted by molar-refractivity contribution is 0.00874. The lowest BCUT2D eigenvalue weighted by Crippen LogP contribution is -2.36. The van der Waals surface area contributed by atoms with Crippen molar-refractivity contribution in [2.75, 3.05) is 53.4 Å². The first-order valence-corrected chi connectivity index (χ1v) is 11.9. The van der Waals surface area contributed by atoms with Gasteiger partial charge in [-0.15, -0.1) is 0 Å². The van der Waals surface area contributed by atoms with E-state index in [0.29, 0.717) is 54.1 Å². The second-order valence-corrected chi connectivity index (χ2v) is 8.40. The van der Waals surface area contributed by atoms with E-state index < -0.39 is 12.1 Å². The van der Waals surface area contributed by atoms with E-state index in [1.807, 2.05) is 40.0 Å². The summed E-state index contributed by atoms with van der Waals surface area (Å²) in [4.78, 5) is 15.4. The molecule has 0 amide bonds. The number of anilines is 1. The third kappa shape index (κ3) is 4.07. The van der Waals surface area contributed by atoms with E-state index in [9.17, 15) is 4.79 Å². The molecule has 2 aromatic carbocycles. The average molecular weight is 487 g/mol. The highest BCUT2D eigenvalue weighted by Gasteiger charge is 2.47. The molecule has 2 unspecified atom stereocenters. The van der Waals surface area contributed by atoms with Crippen LogP contribution in [0.25, 0.3) is 0 Å². The fourth-order valence-electron chi connectivity index (χ4n) is 5.01. The lowest BCUT2D eigenvalue weighted by Gasteiger charge is -2.38. The predicted molar refractivity (Wildman–Crippen MR) is 131 cm³/mol. The minimum Gasteiger partial charge on any atom is -0.493 e. The Kier molecular flexibility index (Phi) is 7.16. The summed E-state index contributed by atoms with van der Waals surface area (Å²) in [7, 11) is 5.24. The number of nitrogens with two attached hydrogens (primary N) is 1. The molecule has 0 bridgehead atoms. The number of rotatable bonds is 9. The summed E-state index contributed by atoms with van der Waals surface area (Å²) in [5.74, 6) is 1.90. The average Bonchev–Trinajstić information content (AvgIpc) is 3.19. The van der Waals surface area contributed by atoms with Gasteiger partial charge in [0.1, 0.15) is 0 Å². The van der Waals surface area contributed by atoms with E-state index >= 15 is 0 Å². The normalized spacial score (nSPS) is 19.0. The van der Waals surface area contributed by atoms with Crippen LogP contribution in [0.15, 0.2) is 12.1 Å². The van der Waals surface area contributed by atoms with Crippen molar-refractivity contribution in [3.63, 3.8) is 0 Å². The molecule has 35 heavy (non-hydrogen) atoms. The molecule has 9 heteroatoms. The third-order valence-electron chi connectivity index (χ3n) is 6.49. The number of hydrogen-bond acceptors (Lipinski definition) is 9. The SMILES string of the molecule is CCOc1c(N)c2c(c(OCC)c1OCC)C(C1c3cc(OC)c(OC)cc3CCN1C)OC2=O. The zero-order chi connectivity index (χ0) is 25.3. The largest absolute Gasteiger partial charge is 0.493 e. The summed E-state index contributed by atoms with van der Waals surface area (Å²) in [5.41, 5.74) is 9.66. The van der Waals surface area contributed by atoms with Crippen molar-refractivity contribution in [2.24, 2.45) is 0 Å². The molecular weight excluding hydrogens is 452 g/mol. The van der Waals surface area contributed by atoms with Crippen LogP contribution in [-0.2, 0) is 11.2 Å². The van der Waals surface area contributed by atoms with E-state index in [4.69, 9.17) is 34.2 Å². The molecule has 2 N–H and O–H groups in total. The summed E-state index contributed by atoms with van der Waals surface area (Å²) in [6, 6.07) is 3.66. The van der Waals surface area contributed by atoms with E-state index in [2.05, 4.69) is 4.90 Å². The van der Waals surface area contributed by atoms with E-state index in [0.717, 1.165) is 24.1 Å². The Morgan fingerprint density at radius 2 is 1.57 bits per heavy atom. The molecule has 0 aromatic heterocycles. The fraction of sp³-hybridized carbons (Fsp3) is 0.500. The first kappa shape index (κ1) is 24.8. The fourth-order valence-corrected chi connectivity index (χ4v) is 5.01. The van der Waals surface area contributed by atoms with Gasteiger partial charge < -0.3 is 34.2 Å². The van der Waals surface area contributed by atoms with Crippen molar-refractivity contribution >= 4 is 11.7 Å². The van der Waals surface area contributed by atoms with Crippen LogP contribution in [0.1, 0.15) is 60.0 Å². The highest BCUT2D eigenvalue weighted by Crippen LogP contribution is 2.57. The number of esters is 1. The minimum atomic E-state index is -0.668. The summed E-state index contributed by atoms with van der Waals surface area (Å²) >= 11 is 0. The summed E-state index contributed by atoms with van der Waals surface area (Å²) in [6.07, 6.45) is 0.155. The Labute approximate surface area is 206 Å². The number of cyclic esters (lactones) is 1. The zero-order valence-corrected chi connectivity index (χ0v) is 21.2. The van der Waals surface area contributed by atoms with Gasteiger partial charge in [-0.2, -0.15) is 0 Å². The number of nitrogens with zero attached hydrogens (tertiary/aromatic N) is 1. The topological polar surface area (TPSA) is 102 Å². The Morgan fingerprint density at radius 1 is 0.971 bits per heavy atom. The first-order valence-electron chi connectivity index (χ1n) is 11.9. The second kappa shape index (κ2) is 10.1. The van der Waals surface area contributed by atoms with Gasteiger partial charge in [0, 0.05) is 6.54 Å². The van der Waals surface area contributed by atoms with E-state index in [1.54, 1.807) is 14.2 Å².